The quantitative estimate of drug-likeness (QED) is 0.124. The Bertz CT molecular complexity index is 1240. The Labute approximate surface area is 215 Å². The largest absolute Gasteiger partial charge is 0.393 e. The monoisotopic (exact) mass is 559 g/mol. The second kappa shape index (κ2) is 10.6. The van der Waals surface area contributed by atoms with Crippen molar-refractivity contribution in [2.24, 2.45) is 5.10 Å². The van der Waals surface area contributed by atoms with Crippen molar-refractivity contribution in [1.29, 1.82) is 0 Å². The van der Waals surface area contributed by atoms with Crippen molar-refractivity contribution in [3.05, 3.63) is 12.0 Å². The number of hydrogen-bond acceptors (Lipinski definition) is 15. The molecule has 10 N–H and O–H groups in total. The number of hydrogen-bond donors (Lipinski definition) is 10. The van der Waals surface area contributed by atoms with Crippen molar-refractivity contribution >= 4 is 30.3 Å². The predicted molar refractivity (Wildman–Crippen MR) is 128 cm³/mol. The average Bonchev–Trinajstić information content (AvgIpc) is 3.59. The topological polar surface area (TPSA) is 261 Å². The van der Waals surface area contributed by atoms with E-state index in [9.17, 15) is 34.8 Å². The highest BCUT2D eigenvalue weighted by atomic mass is 31.2. The van der Waals surface area contributed by atoms with Crippen LogP contribution >= 0.6 is 7.60 Å². The van der Waals surface area contributed by atoms with Gasteiger partial charge in [0.05, 0.1) is 31.2 Å². The summed E-state index contributed by atoms with van der Waals surface area (Å²) in [6, 6.07) is 0.234. The Kier molecular flexibility index (Phi) is 7.53. The second-order valence-electron chi connectivity index (χ2n) is 9.35. The first-order valence-corrected chi connectivity index (χ1v) is 13.5. The minimum absolute atomic E-state index is 0.0573. The van der Waals surface area contributed by atoms with Gasteiger partial charge < -0.3 is 45.0 Å². The van der Waals surface area contributed by atoms with E-state index in [4.69, 9.17) is 9.47 Å². The third kappa shape index (κ3) is 4.95. The number of hydrazone groups is 1. The van der Waals surface area contributed by atoms with Crippen LogP contribution in [-0.4, -0.2) is 98.7 Å². The fourth-order valence-corrected chi connectivity index (χ4v) is 5.17. The number of nitrogens with one attached hydrogen (secondary N) is 4. The average molecular weight is 559 g/mol. The van der Waals surface area contributed by atoms with Gasteiger partial charge in [-0.05, 0) is 19.3 Å². The maximum atomic E-state index is 12.3. The summed E-state index contributed by atoms with van der Waals surface area (Å²) in [5.41, 5.74) is 7.53. The molecule has 1 unspecified atom stereocenters. The van der Waals surface area contributed by atoms with Gasteiger partial charge in [-0.2, -0.15) is 5.10 Å². The molecule has 1 saturated heterocycles. The molecule has 2 fully saturated rings. The number of anilines is 1. The molecular weight excluding hydrogens is 529 g/mol. The van der Waals surface area contributed by atoms with E-state index in [1.54, 1.807) is 0 Å². The summed E-state index contributed by atoms with van der Waals surface area (Å²) in [6.45, 7) is -2.11. The lowest BCUT2D eigenvalue weighted by molar-refractivity contribution is -0.107. The standard InChI is InChI=1S/C19H30N9O9P/c29-6-13-22-16(21-9-2-1-3-9)10-5-20-28(17(10)23-13)18-15(32)14(31)11(37-18)7-36-19(8-30,38(33,34)35)4-12-24-26-27-25-12/h5,9,11,14-15,18,26-27,29-32H,1-4,6-8H2,(H,24,25)(H,21,22,23)(H2,33,34,35)/t11-,14-,15-,18-,19?/m1/s1. The van der Waals surface area contributed by atoms with E-state index < -0.39 is 63.7 Å². The normalized spacial score (nSPS) is 27.5. The minimum Gasteiger partial charge on any atom is -0.393 e. The molecule has 5 rings (SSSR count). The second-order valence-corrected chi connectivity index (χ2v) is 11.3. The summed E-state index contributed by atoms with van der Waals surface area (Å²) in [6.07, 6.45) is -1.54. The molecule has 1 aliphatic carbocycles. The summed E-state index contributed by atoms with van der Waals surface area (Å²) in [4.78, 5) is 28.6. The molecule has 2 aromatic rings. The molecule has 19 heteroatoms. The summed E-state index contributed by atoms with van der Waals surface area (Å²) >= 11 is 0. The minimum atomic E-state index is -5.08. The van der Waals surface area contributed by atoms with Crippen molar-refractivity contribution in [2.75, 3.05) is 18.5 Å². The molecule has 0 spiro atoms. The van der Waals surface area contributed by atoms with Gasteiger partial charge in [0, 0.05) is 6.04 Å². The Morgan fingerprint density at radius 2 is 2.03 bits per heavy atom. The molecule has 2 aliphatic heterocycles. The van der Waals surface area contributed by atoms with Gasteiger partial charge in [0.2, 0.25) is 0 Å². The first-order chi connectivity index (χ1) is 18.2. The van der Waals surface area contributed by atoms with Crippen LogP contribution in [0.25, 0.3) is 11.0 Å². The molecule has 210 valence electrons. The van der Waals surface area contributed by atoms with Gasteiger partial charge in [-0.1, -0.05) is 0 Å². The van der Waals surface area contributed by atoms with E-state index in [1.807, 2.05) is 0 Å². The van der Waals surface area contributed by atoms with Crippen molar-refractivity contribution in [1.82, 2.24) is 36.2 Å². The molecule has 3 aliphatic rings. The zero-order valence-corrected chi connectivity index (χ0v) is 20.9. The number of hydrazine groups is 2. The molecule has 0 bridgehead atoms. The van der Waals surface area contributed by atoms with E-state index in [-0.39, 0.29) is 23.3 Å². The molecule has 4 heterocycles. The van der Waals surface area contributed by atoms with Crippen molar-refractivity contribution in [3.63, 3.8) is 0 Å². The van der Waals surface area contributed by atoms with Crippen LogP contribution < -0.4 is 21.8 Å². The van der Waals surface area contributed by atoms with Crippen LogP contribution in [0.3, 0.4) is 0 Å². The lowest BCUT2D eigenvalue weighted by atomic mass is 9.93. The highest BCUT2D eigenvalue weighted by molar-refractivity contribution is 7.53. The number of aromatic nitrogens is 4. The van der Waals surface area contributed by atoms with Crippen molar-refractivity contribution in [2.45, 2.75) is 68.2 Å². The molecule has 0 radical (unpaired) electrons. The number of ether oxygens (including phenoxy) is 2. The molecule has 1 saturated carbocycles. The van der Waals surface area contributed by atoms with Crippen molar-refractivity contribution in [3.8, 4) is 0 Å². The summed E-state index contributed by atoms with van der Waals surface area (Å²) in [7, 11) is -5.08. The van der Waals surface area contributed by atoms with Crippen LogP contribution in [-0.2, 0) is 20.6 Å². The summed E-state index contributed by atoms with van der Waals surface area (Å²) < 4.78 is 24.8. The highest BCUT2D eigenvalue weighted by Gasteiger charge is 2.52. The molecular formula is C19H30N9O9P. The molecule has 2 aromatic heterocycles. The Balaban J connectivity index is 1.37. The van der Waals surface area contributed by atoms with E-state index in [0.717, 1.165) is 19.3 Å². The maximum Gasteiger partial charge on any atom is 0.359 e. The van der Waals surface area contributed by atoms with E-state index >= 15 is 0 Å². The van der Waals surface area contributed by atoms with E-state index in [1.165, 1.54) is 10.9 Å². The maximum absolute atomic E-state index is 12.3. The van der Waals surface area contributed by atoms with Gasteiger partial charge >= 0.3 is 7.60 Å². The van der Waals surface area contributed by atoms with Gasteiger partial charge in [-0.25, -0.2) is 20.2 Å². The molecule has 0 amide bonds. The number of aliphatic hydroxyl groups excluding tert-OH is 4. The Morgan fingerprint density at radius 3 is 2.63 bits per heavy atom. The number of nitrogens with zero attached hydrogens (tertiary/aromatic N) is 5. The number of aliphatic hydroxyl groups is 4. The number of fused-ring (bicyclic) bond motifs is 1. The molecule has 0 aromatic carbocycles. The lowest BCUT2D eigenvalue weighted by Crippen LogP contribution is -2.45. The fraction of sp³-hybridized carbons (Fsp3) is 0.684. The Hall–Kier alpha value is -2.51. The third-order valence-electron chi connectivity index (χ3n) is 6.86. The number of amidine groups is 1. The first-order valence-electron chi connectivity index (χ1n) is 11.9. The van der Waals surface area contributed by atoms with Gasteiger partial charge in [-0.3, -0.25) is 9.99 Å². The zero-order chi connectivity index (χ0) is 27.1. The smallest absolute Gasteiger partial charge is 0.359 e. The molecule has 5 atom stereocenters. The van der Waals surface area contributed by atoms with Crippen LogP contribution in [0.4, 0.5) is 5.82 Å². The van der Waals surface area contributed by atoms with E-state index in [2.05, 4.69) is 42.0 Å². The fourth-order valence-electron chi connectivity index (χ4n) is 4.39. The van der Waals surface area contributed by atoms with Gasteiger partial charge in [0.25, 0.3) is 0 Å². The van der Waals surface area contributed by atoms with Crippen LogP contribution in [0.2, 0.25) is 0 Å². The number of rotatable bonds is 11. The molecule has 38 heavy (non-hydrogen) atoms. The van der Waals surface area contributed by atoms with Crippen LogP contribution in [0.15, 0.2) is 11.3 Å². The predicted octanol–water partition coefficient (Wildman–Crippen LogP) is -2.90. The Morgan fingerprint density at radius 1 is 1.24 bits per heavy atom. The third-order valence-corrected chi connectivity index (χ3v) is 8.35. The van der Waals surface area contributed by atoms with Gasteiger partial charge in [0.15, 0.2) is 23.0 Å². The lowest BCUT2D eigenvalue weighted by Gasteiger charge is -2.33. The van der Waals surface area contributed by atoms with Crippen LogP contribution in [0, 0.1) is 0 Å². The van der Waals surface area contributed by atoms with Gasteiger partial charge in [-0.15, -0.1) is 10.6 Å². The van der Waals surface area contributed by atoms with E-state index in [0.29, 0.717) is 11.2 Å². The highest BCUT2D eigenvalue weighted by Crippen LogP contribution is 2.53. The molecule has 18 nitrogen and oxygen atoms in total. The SMILES string of the molecule is O=P(O)(O)C(CO)(CC1=NNNN1)OC[C@H]1O[C@@H](n2ncc3c(NC4CCC4)nc(CO)nc32)[C@H](O)[C@@H]1O. The zero-order valence-electron chi connectivity index (χ0n) is 20.0. The first kappa shape index (κ1) is 27.1. The summed E-state index contributed by atoms with van der Waals surface area (Å²) in [5.74, 6) is 0.655. The van der Waals surface area contributed by atoms with Crippen LogP contribution in [0.1, 0.15) is 37.7 Å². The summed E-state index contributed by atoms with van der Waals surface area (Å²) in [5, 5.41) is 50.5. The van der Waals surface area contributed by atoms with Crippen LogP contribution in [0.5, 0.6) is 0 Å². The van der Waals surface area contributed by atoms with Gasteiger partial charge in [0.1, 0.15) is 36.6 Å². The van der Waals surface area contributed by atoms with Crippen molar-refractivity contribution < 1.29 is 44.3 Å².